The van der Waals surface area contributed by atoms with Crippen molar-refractivity contribution in [2.24, 2.45) is 7.05 Å². The Kier molecular flexibility index (Phi) is 6.30. The lowest BCUT2D eigenvalue weighted by Crippen LogP contribution is -2.28. The van der Waals surface area contributed by atoms with Crippen LogP contribution in [0.3, 0.4) is 0 Å². The molecule has 0 atom stereocenters. The molecule has 0 radical (unpaired) electrons. The highest BCUT2D eigenvalue weighted by molar-refractivity contribution is 5.91. The van der Waals surface area contributed by atoms with Crippen LogP contribution >= 0.6 is 0 Å². The van der Waals surface area contributed by atoms with Crippen LogP contribution in [-0.2, 0) is 36.5 Å². The maximum atomic E-state index is 13.2. The van der Waals surface area contributed by atoms with E-state index in [2.05, 4.69) is 32.5 Å². The van der Waals surface area contributed by atoms with E-state index in [4.69, 9.17) is 4.52 Å². The Balaban J connectivity index is 1.18. The van der Waals surface area contributed by atoms with Gasteiger partial charge in [0.25, 0.3) is 0 Å². The number of carbonyl (C=O) groups is 1. The Morgan fingerprint density at radius 3 is 2.46 bits per heavy atom. The number of nitrogens with one attached hydrogen (secondary N) is 1. The van der Waals surface area contributed by atoms with E-state index in [1.54, 1.807) is 17.1 Å². The van der Waals surface area contributed by atoms with E-state index < -0.39 is 17.5 Å². The van der Waals surface area contributed by atoms with Gasteiger partial charge in [0, 0.05) is 49.3 Å². The zero-order valence-electron chi connectivity index (χ0n) is 20.3. The largest absolute Gasteiger partial charge is 0.401 e. The molecule has 0 spiro atoms. The minimum Gasteiger partial charge on any atom is -0.358 e. The number of anilines is 1. The topological polar surface area (TPSA) is 98.7 Å². The molecule has 0 unspecified atom stereocenters. The number of hydrogen-bond acceptors (Lipinski definition) is 6. The second kappa shape index (κ2) is 9.45. The SMILES string of the molecule is CCc1nn(C)cc1Cc1ncc(-c2ccc(CC(=O)Nc3cc(C4(C(F)(F)F)CC4)on3)cc2)cn1. The molecule has 1 aliphatic carbocycles. The molecular weight excluding hydrogens is 485 g/mol. The Morgan fingerprint density at radius 1 is 1.14 bits per heavy atom. The van der Waals surface area contributed by atoms with Crippen molar-refractivity contribution in [3.8, 4) is 11.1 Å². The van der Waals surface area contributed by atoms with Crippen LogP contribution in [0.15, 0.2) is 53.4 Å². The maximum Gasteiger partial charge on any atom is 0.401 e. The summed E-state index contributed by atoms with van der Waals surface area (Å²) in [5.41, 5.74) is 2.64. The summed E-state index contributed by atoms with van der Waals surface area (Å²) < 4.78 is 46.4. The fraction of sp³-hybridized carbons (Fsp3) is 0.346. The van der Waals surface area contributed by atoms with Crippen LogP contribution in [0.5, 0.6) is 0 Å². The summed E-state index contributed by atoms with van der Waals surface area (Å²) in [5, 5.41) is 10.5. The first kappa shape index (κ1) is 24.7. The summed E-state index contributed by atoms with van der Waals surface area (Å²) >= 11 is 0. The summed E-state index contributed by atoms with van der Waals surface area (Å²) in [6.07, 6.45) is 2.52. The number of hydrogen-bond donors (Lipinski definition) is 1. The number of rotatable bonds is 8. The number of alkyl halides is 3. The van der Waals surface area contributed by atoms with Crippen molar-refractivity contribution in [1.82, 2.24) is 24.9 Å². The minimum atomic E-state index is -4.40. The third kappa shape index (κ3) is 5.11. The van der Waals surface area contributed by atoms with Gasteiger partial charge in [-0.15, -0.1) is 0 Å². The molecule has 11 heteroatoms. The Morgan fingerprint density at radius 2 is 1.84 bits per heavy atom. The van der Waals surface area contributed by atoms with E-state index >= 15 is 0 Å². The third-order valence-electron chi connectivity index (χ3n) is 6.57. The van der Waals surface area contributed by atoms with Gasteiger partial charge in [0.2, 0.25) is 5.91 Å². The van der Waals surface area contributed by atoms with E-state index in [1.165, 1.54) is 0 Å². The van der Waals surface area contributed by atoms with Crippen molar-refractivity contribution < 1.29 is 22.5 Å². The molecule has 4 aromatic rings. The van der Waals surface area contributed by atoms with Crippen molar-refractivity contribution in [1.29, 1.82) is 0 Å². The number of aryl methyl sites for hydroxylation is 2. The second-order valence-corrected chi connectivity index (χ2v) is 9.27. The third-order valence-corrected chi connectivity index (χ3v) is 6.57. The van der Waals surface area contributed by atoms with Gasteiger partial charge in [0.15, 0.2) is 11.6 Å². The van der Waals surface area contributed by atoms with Gasteiger partial charge >= 0.3 is 6.18 Å². The normalized spacial score (nSPS) is 14.5. The van der Waals surface area contributed by atoms with Crippen LogP contribution in [0.2, 0.25) is 0 Å². The summed E-state index contributed by atoms with van der Waals surface area (Å²) in [5.74, 6) is 0.0124. The molecule has 3 heterocycles. The number of carbonyl (C=O) groups excluding carboxylic acids is 1. The molecule has 1 N–H and O–H groups in total. The van der Waals surface area contributed by atoms with Gasteiger partial charge in [0.1, 0.15) is 11.2 Å². The van der Waals surface area contributed by atoms with Crippen LogP contribution in [0, 0.1) is 0 Å². The first-order chi connectivity index (χ1) is 17.7. The number of nitrogens with zero attached hydrogens (tertiary/aromatic N) is 5. The van der Waals surface area contributed by atoms with Gasteiger partial charge in [-0.3, -0.25) is 9.48 Å². The molecule has 8 nitrogen and oxygen atoms in total. The van der Waals surface area contributed by atoms with Gasteiger partial charge in [-0.2, -0.15) is 18.3 Å². The zero-order valence-corrected chi connectivity index (χ0v) is 20.3. The van der Waals surface area contributed by atoms with Gasteiger partial charge in [-0.25, -0.2) is 9.97 Å². The van der Waals surface area contributed by atoms with Crippen molar-refractivity contribution >= 4 is 11.7 Å². The summed E-state index contributed by atoms with van der Waals surface area (Å²) in [7, 11) is 1.89. The van der Waals surface area contributed by atoms with Crippen molar-refractivity contribution in [2.45, 2.75) is 50.6 Å². The molecule has 1 saturated carbocycles. The molecule has 37 heavy (non-hydrogen) atoms. The lowest BCUT2D eigenvalue weighted by atomic mass is 10.0. The summed E-state index contributed by atoms with van der Waals surface area (Å²) in [4.78, 5) is 21.4. The van der Waals surface area contributed by atoms with Gasteiger partial charge in [-0.05, 0) is 30.4 Å². The fourth-order valence-electron chi connectivity index (χ4n) is 4.34. The lowest BCUT2D eigenvalue weighted by Gasteiger charge is -2.14. The van der Waals surface area contributed by atoms with Crippen LogP contribution in [0.25, 0.3) is 11.1 Å². The smallest absolute Gasteiger partial charge is 0.358 e. The number of benzene rings is 1. The highest BCUT2D eigenvalue weighted by atomic mass is 19.4. The Labute approximate surface area is 210 Å². The molecule has 0 saturated heterocycles. The van der Waals surface area contributed by atoms with Crippen molar-refractivity contribution in [2.75, 3.05) is 5.32 Å². The summed E-state index contributed by atoms with van der Waals surface area (Å²) in [6, 6.07) is 8.51. The van der Waals surface area contributed by atoms with Crippen LogP contribution < -0.4 is 5.32 Å². The molecule has 0 aliphatic heterocycles. The first-order valence-corrected chi connectivity index (χ1v) is 11.9. The van der Waals surface area contributed by atoms with E-state index in [1.807, 2.05) is 37.5 Å². The molecular formula is C26H25F3N6O2. The van der Waals surface area contributed by atoms with Crippen LogP contribution in [-0.4, -0.2) is 37.0 Å². The van der Waals surface area contributed by atoms with Crippen LogP contribution in [0.4, 0.5) is 19.0 Å². The van der Waals surface area contributed by atoms with Crippen molar-refractivity contribution in [3.05, 3.63) is 77.3 Å². The molecule has 192 valence electrons. The second-order valence-electron chi connectivity index (χ2n) is 9.27. The highest BCUT2D eigenvalue weighted by Crippen LogP contribution is 2.59. The fourth-order valence-corrected chi connectivity index (χ4v) is 4.34. The van der Waals surface area contributed by atoms with E-state index in [0.717, 1.165) is 40.4 Å². The van der Waals surface area contributed by atoms with E-state index in [0.29, 0.717) is 12.2 Å². The molecule has 3 aromatic heterocycles. The Bertz CT molecular complexity index is 1400. The average Bonchev–Trinajstić information content (AvgIpc) is 3.44. The first-order valence-electron chi connectivity index (χ1n) is 11.9. The highest BCUT2D eigenvalue weighted by Gasteiger charge is 2.66. The zero-order chi connectivity index (χ0) is 26.2. The monoisotopic (exact) mass is 510 g/mol. The van der Waals surface area contributed by atoms with Gasteiger partial charge < -0.3 is 9.84 Å². The molecule has 5 rings (SSSR count). The Hall–Kier alpha value is -4.02. The van der Waals surface area contributed by atoms with E-state index in [9.17, 15) is 18.0 Å². The predicted octanol–water partition coefficient (Wildman–Crippen LogP) is 4.79. The van der Waals surface area contributed by atoms with Crippen LogP contribution in [0.1, 0.15) is 48.2 Å². The van der Waals surface area contributed by atoms with Crippen molar-refractivity contribution in [3.63, 3.8) is 0 Å². The predicted molar refractivity (Wildman–Crippen MR) is 129 cm³/mol. The quantitative estimate of drug-likeness (QED) is 0.366. The van der Waals surface area contributed by atoms with E-state index in [-0.39, 0.29) is 30.8 Å². The summed E-state index contributed by atoms with van der Waals surface area (Å²) in [6.45, 7) is 2.06. The average molecular weight is 511 g/mol. The molecule has 1 aromatic carbocycles. The molecule has 1 amide bonds. The number of amides is 1. The number of aromatic nitrogens is 5. The standard InChI is InChI=1S/C26H25F3N6O2/c1-3-20-18(15-35(2)33-20)11-22-30-13-19(14-31-22)17-6-4-16(5-7-17)10-24(36)32-23-12-21(37-34-23)25(8-9-25)26(27,28)29/h4-7,12-15H,3,8-11H2,1-2H3,(H,32,34,36). The minimum absolute atomic E-state index is 0.0262. The molecule has 1 aliphatic rings. The maximum absolute atomic E-state index is 13.2. The van der Waals surface area contributed by atoms with Gasteiger partial charge in [0.05, 0.1) is 12.1 Å². The molecule has 0 bridgehead atoms. The van der Waals surface area contributed by atoms with Gasteiger partial charge in [-0.1, -0.05) is 36.3 Å². The molecule has 1 fully saturated rings. The number of halogens is 3. The lowest BCUT2D eigenvalue weighted by molar-refractivity contribution is -0.165.